The summed E-state index contributed by atoms with van der Waals surface area (Å²) in [6.45, 7) is 0.356. The molecule has 2 amide bonds. The molecule has 4 rings (SSSR count). The first-order valence-corrected chi connectivity index (χ1v) is 9.58. The molecule has 0 unspecified atom stereocenters. The van der Waals surface area contributed by atoms with Crippen LogP contribution >= 0.6 is 0 Å². The van der Waals surface area contributed by atoms with Crippen LogP contribution in [0.1, 0.15) is 30.4 Å². The Morgan fingerprint density at radius 1 is 1.00 bits per heavy atom. The molecular formula is C22H24N2O3. The lowest BCUT2D eigenvalue weighted by atomic mass is 10.0. The lowest BCUT2D eigenvalue weighted by Crippen LogP contribution is -2.48. The smallest absolute Gasteiger partial charge is 0.255 e. The number of carbonyl (C=O) groups excluding carboxylic acids is 2. The van der Waals surface area contributed by atoms with Gasteiger partial charge >= 0.3 is 0 Å². The molecular weight excluding hydrogens is 340 g/mol. The summed E-state index contributed by atoms with van der Waals surface area (Å²) < 4.78 is 5.58. The number of aryl methyl sites for hydroxylation is 2. The molecule has 2 aromatic carbocycles. The van der Waals surface area contributed by atoms with E-state index >= 15 is 0 Å². The second kappa shape index (κ2) is 7.92. The summed E-state index contributed by atoms with van der Waals surface area (Å²) >= 11 is 0. The van der Waals surface area contributed by atoms with Gasteiger partial charge in [-0.15, -0.1) is 0 Å². The van der Waals surface area contributed by atoms with Crippen LogP contribution in [-0.2, 0) is 27.2 Å². The van der Waals surface area contributed by atoms with Gasteiger partial charge in [-0.2, -0.15) is 0 Å². The van der Waals surface area contributed by atoms with Crippen LogP contribution in [0.5, 0.6) is 0 Å². The fraction of sp³-hybridized carbons (Fsp3) is 0.364. The average Bonchev–Trinajstić information content (AvgIpc) is 3.04. The maximum Gasteiger partial charge on any atom is 0.255 e. The van der Waals surface area contributed by atoms with E-state index in [0.717, 1.165) is 31.4 Å². The number of anilines is 1. The van der Waals surface area contributed by atoms with E-state index in [9.17, 15) is 9.59 Å². The standard InChI is InChI=1S/C22H24N2O3/c25-20-14-21-24(20)15-19(27-21)22(26)23-18-12-10-17(11-13-18)9-5-4-8-16-6-2-1-3-7-16/h1-3,6-7,10-13,19,21H,4-5,8-9,14-15H2,(H,23,26)/t19-,21-/m1/s1. The molecule has 0 aliphatic carbocycles. The first kappa shape index (κ1) is 17.7. The van der Waals surface area contributed by atoms with Crippen molar-refractivity contribution in [1.29, 1.82) is 0 Å². The Balaban J connectivity index is 1.20. The van der Waals surface area contributed by atoms with Gasteiger partial charge in [-0.1, -0.05) is 42.5 Å². The zero-order valence-corrected chi connectivity index (χ0v) is 15.3. The average molecular weight is 364 g/mol. The number of nitrogens with one attached hydrogen (secondary N) is 1. The van der Waals surface area contributed by atoms with Gasteiger partial charge in [0, 0.05) is 5.69 Å². The molecule has 0 saturated carbocycles. The van der Waals surface area contributed by atoms with Crippen molar-refractivity contribution in [2.45, 2.75) is 44.4 Å². The largest absolute Gasteiger partial charge is 0.343 e. The number of amides is 2. The molecule has 27 heavy (non-hydrogen) atoms. The molecule has 2 aromatic rings. The molecule has 5 heteroatoms. The Bertz CT molecular complexity index is 804. The summed E-state index contributed by atoms with van der Waals surface area (Å²) in [5, 5.41) is 2.88. The number of carbonyl (C=O) groups is 2. The van der Waals surface area contributed by atoms with Gasteiger partial charge in [-0.3, -0.25) is 9.59 Å². The molecule has 1 N–H and O–H groups in total. The van der Waals surface area contributed by atoms with E-state index in [4.69, 9.17) is 4.74 Å². The van der Waals surface area contributed by atoms with Crippen LogP contribution < -0.4 is 5.32 Å². The van der Waals surface area contributed by atoms with Crippen LogP contribution in [0, 0.1) is 0 Å². The number of fused-ring (bicyclic) bond motifs is 1. The van der Waals surface area contributed by atoms with Gasteiger partial charge in [0.15, 0.2) is 6.10 Å². The predicted octanol–water partition coefficient (Wildman–Crippen LogP) is 3.15. The van der Waals surface area contributed by atoms with E-state index in [0.29, 0.717) is 13.0 Å². The predicted molar refractivity (Wildman–Crippen MR) is 103 cm³/mol. The van der Waals surface area contributed by atoms with Gasteiger partial charge < -0.3 is 15.0 Å². The maximum atomic E-state index is 12.3. The van der Waals surface area contributed by atoms with Crippen LogP contribution in [0.3, 0.4) is 0 Å². The molecule has 2 heterocycles. The maximum absolute atomic E-state index is 12.3. The molecule has 140 valence electrons. The van der Waals surface area contributed by atoms with Crippen LogP contribution in [0.15, 0.2) is 54.6 Å². The molecule has 0 bridgehead atoms. The third-order valence-electron chi connectivity index (χ3n) is 5.24. The zero-order chi connectivity index (χ0) is 18.6. The number of hydrogen-bond acceptors (Lipinski definition) is 3. The third-order valence-corrected chi connectivity index (χ3v) is 5.24. The first-order valence-electron chi connectivity index (χ1n) is 9.58. The van der Waals surface area contributed by atoms with Gasteiger partial charge in [0.1, 0.15) is 6.23 Å². The Labute approximate surface area is 159 Å². The molecule has 2 aliphatic rings. The molecule has 0 spiro atoms. The molecule has 5 nitrogen and oxygen atoms in total. The molecule has 2 atom stereocenters. The lowest BCUT2D eigenvalue weighted by molar-refractivity contribution is -0.157. The minimum Gasteiger partial charge on any atom is -0.343 e. The number of β-lactam (4-membered cyclic amide) rings is 1. The Morgan fingerprint density at radius 3 is 2.30 bits per heavy atom. The zero-order valence-electron chi connectivity index (χ0n) is 15.3. The van der Waals surface area contributed by atoms with E-state index in [2.05, 4.69) is 41.7 Å². The fourth-order valence-electron chi connectivity index (χ4n) is 3.60. The number of benzene rings is 2. The van der Waals surface area contributed by atoms with Crippen molar-refractivity contribution < 1.29 is 14.3 Å². The molecule has 0 radical (unpaired) electrons. The van der Waals surface area contributed by atoms with Crippen molar-refractivity contribution in [2.24, 2.45) is 0 Å². The summed E-state index contributed by atoms with van der Waals surface area (Å²) in [7, 11) is 0. The van der Waals surface area contributed by atoms with Crippen molar-refractivity contribution in [3.05, 3.63) is 65.7 Å². The van der Waals surface area contributed by atoms with Gasteiger partial charge in [-0.25, -0.2) is 0 Å². The Hall–Kier alpha value is -2.66. The summed E-state index contributed by atoms with van der Waals surface area (Å²) in [5.74, 6) is -0.125. The Kier molecular flexibility index (Phi) is 5.21. The van der Waals surface area contributed by atoms with Crippen molar-refractivity contribution in [3.8, 4) is 0 Å². The SMILES string of the molecule is O=C(Nc1ccc(CCCCc2ccccc2)cc1)[C@H]1CN2C(=O)C[C@H]2O1. The van der Waals surface area contributed by atoms with Crippen molar-refractivity contribution in [2.75, 3.05) is 11.9 Å². The second-order valence-corrected chi connectivity index (χ2v) is 7.21. The fourth-order valence-corrected chi connectivity index (χ4v) is 3.60. The summed E-state index contributed by atoms with van der Waals surface area (Å²) in [6, 6.07) is 18.5. The number of hydrogen-bond donors (Lipinski definition) is 1. The molecule has 2 saturated heterocycles. The van der Waals surface area contributed by atoms with E-state index in [1.807, 2.05) is 18.2 Å². The number of ether oxygens (including phenoxy) is 1. The number of unbranched alkanes of at least 4 members (excludes halogenated alkanes) is 1. The third kappa shape index (κ3) is 4.19. The lowest BCUT2D eigenvalue weighted by Gasteiger charge is -2.31. The number of rotatable bonds is 7. The molecule has 2 aliphatic heterocycles. The quantitative estimate of drug-likeness (QED) is 0.606. The van der Waals surface area contributed by atoms with E-state index in [-0.39, 0.29) is 18.0 Å². The van der Waals surface area contributed by atoms with Crippen LogP contribution in [0.2, 0.25) is 0 Å². The van der Waals surface area contributed by atoms with E-state index in [1.165, 1.54) is 11.1 Å². The van der Waals surface area contributed by atoms with Gasteiger partial charge in [-0.05, 0) is 48.9 Å². The van der Waals surface area contributed by atoms with Crippen LogP contribution in [0.4, 0.5) is 5.69 Å². The van der Waals surface area contributed by atoms with Gasteiger partial charge in [0.05, 0.1) is 13.0 Å². The monoisotopic (exact) mass is 364 g/mol. The van der Waals surface area contributed by atoms with Crippen LogP contribution in [0.25, 0.3) is 0 Å². The summed E-state index contributed by atoms with van der Waals surface area (Å²) in [5.41, 5.74) is 3.42. The topological polar surface area (TPSA) is 58.6 Å². The summed E-state index contributed by atoms with van der Waals surface area (Å²) in [6.07, 6.45) is 4.07. The highest BCUT2D eigenvalue weighted by Gasteiger charge is 2.47. The highest BCUT2D eigenvalue weighted by molar-refractivity contribution is 5.95. The van der Waals surface area contributed by atoms with E-state index in [1.54, 1.807) is 4.90 Å². The summed E-state index contributed by atoms with van der Waals surface area (Å²) in [4.78, 5) is 25.3. The highest BCUT2D eigenvalue weighted by Crippen LogP contribution is 2.29. The molecule has 2 fully saturated rings. The Morgan fingerprint density at radius 2 is 1.67 bits per heavy atom. The van der Waals surface area contributed by atoms with Crippen molar-refractivity contribution in [1.82, 2.24) is 4.90 Å². The van der Waals surface area contributed by atoms with Crippen molar-refractivity contribution in [3.63, 3.8) is 0 Å². The highest BCUT2D eigenvalue weighted by atomic mass is 16.5. The van der Waals surface area contributed by atoms with Crippen molar-refractivity contribution >= 4 is 17.5 Å². The van der Waals surface area contributed by atoms with Gasteiger partial charge in [0.25, 0.3) is 5.91 Å². The van der Waals surface area contributed by atoms with E-state index < -0.39 is 6.10 Å². The number of nitrogens with zero attached hydrogens (tertiary/aromatic N) is 1. The minimum atomic E-state index is -0.570. The first-order chi connectivity index (χ1) is 13.2. The van der Waals surface area contributed by atoms with Crippen LogP contribution in [-0.4, -0.2) is 35.6 Å². The molecule has 0 aromatic heterocycles. The second-order valence-electron chi connectivity index (χ2n) is 7.21. The minimum absolute atomic E-state index is 0.0620. The van der Waals surface area contributed by atoms with Gasteiger partial charge in [0.2, 0.25) is 5.91 Å². The normalized spacial score (nSPS) is 20.9.